The highest BCUT2D eigenvalue weighted by atomic mass is 19.1. The van der Waals surface area contributed by atoms with Gasteiger partial charge in [-0.25, -0.2) is 9.40 Å². The molecule has 2 amide bonds. The summed E-state index contributed by atoms with van der Waals surface area (Å²) in [5.74, 6) is -0.760. The molecular weight excluding hydrogens is 383 g/mol. The van der Waals surface area contributed by atoms with Crippen LogP contribution in [0.4, 0.5) is 4.39 Å². The first-order valence-corrected chi connectivity index (χ1v) is 10.2. The van der Waals surface area contributed by atoms with Crippen molar-refractivity contribution in [2.45, 2.75) is 25.3 Å². The summed E-state index contributed by atoms with van der Waals surface area (Å²) in [4.78, 5) is 26.6. The van der Waals surface area contributed by atoms with Gasteiger partial charge in [-0.15, -0.1) is 0 Å². The van der Waals surface area contributed by atoms with Gasteiger partial charge in [-0.3, -0.25) is 14.5 Å². The molecule has 4 rings (SSSR count). The van der Waals surface area contributed by atoms with Gasteiger partial charge >= 0.3 is 0 Å². The third-order valence-corrected chi connectivity index (χ3v) is 5.88. The van der Waals surface area contributed by atoms with Crippen molar-refractivity contribution in [2.24, 2.45) is 16.8 Å². The number of piperidine rings is 1. The van der Waals surface area contributed by atoms with Crippen LogP contribution in [0.3, 0.4) is 0 Å². The van der Waals surface area contributed by atoms with Crippen LogP contribution in [-0.2, 0) is 9.59 Å². The minimum Gasteiger partial charge on any atom is -0.369 e. The lowest BCUT2D eigenvalue weighted by Gasteiger charge is -2.31. The van der Waals surface area contributed by atoms with Gasteiger partial charge in [-0.2, -0.15) is 5.10 Å². The zero-order chi connectivity index (χ0) is 21.1. The van der Waals surface area contributed by atoms with E-state index >= 15 is 0 Å². The Morgan fingerprint density at radius 2 is 1.70 bits per heavy atom. The van der Waals surface area contributed by atoms with E-state index in [4.69, 9.17) is 5.73 Å². The van der Waals surface area contributed by atoms with Crippen molar-refractivity contribution in [1.29, 1.82) is 0 Å². The Morgan fingerprint density at radius 3 is 2.33 bits per heavy atom. The van der Waals surface area contributed by atoms with E-state index in [2.05, 4.69) is 10.0 Å². The molecule has 0 aliphatic carbocycles. The summed E-state index contributed by atoms with van der Waals surface area (Å²) in [7, 11) is 0. The number of hydrogen-bond donors (Lipinski definition) is 1. The molecule has 2 N–H and O–H groups in total. The minimum absolute atomic E-state index is 0.0847. The van der Waals surface area contributed by atoms with Crippen LogP contribution < -0.4 is 5.73 Å². The van der Waals surface area contributed by atoms with Crippen LogP contribution in [0.25, 0.3) is 0 Å². The molecule has 7 heteroatoms. The maximum Gasteiger partial charge on any atom is 0.257 e. The van der Waals surface area contributed by atoms with Crippen molar-refractivity contribution in [3.63, 3.8) is 0 Å². The predicted octanol–water partition coefficient (Wildman–Crippen LogP) is 2.70. The Bertz CT molecular complexity index is 937. The van der Waals surface area contributed by atoms with Gasteiger partial charge in [0.15, 0.2) is 0 Å². The predicted molar refractivity (Wildman–Crippen MR) is 112 cm³/mol. The van der Waals surface area contributed by atoms with Gasteiger partial charge < -0.3 is 5.73 Å². The van der Waals surface area contributed by atoms with E-state index in [1.54, 1.807) is 17.1 Å². The van der Waals surface area contributed by atoms with Crippen LogP contribution in [0.5, 0.6) is 0 Å². The van der Waals surface area contributed by atoms with E-state index in [1.165, 1.54) is 12.1 Å². The number of likely N-dealkylation sites (tertiary alicyclic amines) is 1. The van der Waals surface area contributed by atoms with Crippen LogP contribution in [0, 0.1) is 11.7 Å². The summed E-state index contributed by atoms with van der Waals surface area (Å²) in [6.07, 6.45) is 1.93. The molecule has 0 radical (unpaired) electrons. The SMILES string of the molecule is NC(=O)C1CCN(CC(=O)N2N=C(c3ccc(F)cc3)C[C@H]2c2ccccc2)CC1. The van der Waals surface area contributed by atoms with Crippen molar-refractivity contribution in [3.05, 3.63) is 71.5 Å². The second kappa shape index (κ2) is 8.75. The smallest absolute Gasteiger partial charge is 0.257 e. The molecule has 1 atom stereocenters. The number of hydrazone groups is 1. The van der Waals surface area contributed by atoms with Gasteiger partial charge in [-0.1, -0.05) is 42.5 Å². The summed E-state index contributed by atoms with van der Waals surface area (Å²) in [5.41, 5.74) is 8.00. The fourth-order valence-electron chi connectivity index (χ4n) is 4.13. The summed E-state index contributed by atoms with van der Waals surface area (Å²) < 4.78 is 13.3. The van der Waals surface area contributed by atoms with Crippen molar-refractivity contribution >= 4 is 17.5 Å². The monoisotopic (exact) mass is 408 g/mol. The number of amides is 2. The number of benzene rings is 2. The Labute approximate surface area is 175 Å². The Kier molecular flexibility index (Phi) is 5.90. The third kappa shape index (κ3) is 4.41. The molecule has 0 aromatic heterocycles. The van der Waals surface area contributed by atoms with Gasteiger partial charge in [-0.05, 0) is 49.2 Å². The fourth-order valence-corrected chi connectivity index (χ4v) is 4.13. The average Bonchev–Trinajstić information content (AvgIpc) is 3.21. The highest BCUT2D eigenvalue weighted by Gasteiger charge is 2.34. The molecule has 30 heavy (non-hydrogen) atoms. The lowest BCUT2D eigenvalue weighted by molar-refractivity contribution is -0.134. The lowest BCUT2D eigenvalue weighted by Crippen LogP contribution is -2.43. The first-order chi connectivity index (χ1) is 14.5. The van der Waals surface area contributed by atoms with E-state index < -0.39 is 0 Å². The number of nitrogens with two attached hydrogens (primary N) is 1. The third-order valence-electron chi connectivity index (χ3n) is 5.88. The Balaban J connectivity index is 1.52. The van der Waals surface area contributed by atoms with Crippen LogP contribution in [0.15, 0.2) is 59.7 Å². The first kappa shape index (κ1) is 20.2. The van der Waals surface area contributed by atoms with Crippen LogP contribution in [0.1, 0.15) is 36.4 Å². The number of primary amides is 1. The van der Waals surface area contributed by atoms with Crippen LogP contribution in [-0.4, -0.2) is 47.1 Å². The Hall–Kier alpha value is -3.06. The second-order valence-electron chi connectivity index (χ2n) is 7.88. The minimum atomic E-state index is -0.302. The zero-order valence-corrected chi connectivity index (χ0v) is 16.7. The number of carbonyl (C=O) groups excluding carboxylic acids is 2. The number of rotatable bonds is 5. The van der Waals surface area contributed by atoms with Gasteiger partial charge in [0.2, 0.25) is 5.91 Å². The average molecular weight is 408 g/mol. The van der Waals surface area contributed by atoms with Gasteiger partial charge in [0.1, 0.15) is 5.82 Å². The standard InChI is InChI=1S/C23H25FN4O2/c24-19-8-6-16(7-9-19)20-14-21(17-4-2-1-3-5-17)28(26-20)22(29)15-27-12-10-18(11-13-27)23(25)30/h1-9,18,21H,10-15H2,(H2,25,30)/t21-/m0/s1. The van der Waals surface area contributed by atoms with E-state index in [9.17, 15) is 14.0 Å². The summed E-state index contributed by atoms with van der Waals surface area (Å²) >= 11 is 0. The number of carbonyl (C=O) groups is 2. The lowest BCUT2D eigenvalue weighted by atomic mass is 9.96. The molecule has 6 nitrogen and oxygen atoms in total. The van der Waals surface area contributed by atoms with E-state index in [1.807, 2.05) is 30.3 Å². The molecule has 2 heterocycles. The topological polar surface area (TPSA) is 79.0 Å². The Morgan fingerprint density at radius 1 is 1.03 bits per heavy atom. The molecule has 0 unspecified atom stereocenters. The molecule has 2 aliphatic heterocycles. The number of hydrogen-bond acceptors (Lipinski definition) is 4. The molecule has 0 bridgehead atoms. The highest BCUT2D eigenvalue weighted by Crippen LogP contribution is 2.33. The maximum absolute atomic E-state index is 13.3. The molecule has 0 saturated carbocycles. The molecule has 2 aromatic carbocycles. The number of nitrogens with zero attached hydrogens (tertiary/aromatic N) is 3. The molecule has 1 fully saturated rings. The zero-order valence-electron chi connectivity index (χ0n) is 16.7. The molecular formula is C23H25FN4O2. The summed E-state index contributed by atoms with van der Waals surface area (Å²) in [5, 5.41) is 6.20. The van der Waals surface area contributed by atoms with Crippen molar-refractivity contribution in [3.8, 4) is 0 Å². The second-order valence-corrected chi connectivity index (χ2v) is 7.88. The number of halogens is 1. The largest absolute Gasteiger partial charge is 0.369 e. The first-order valence-electron chi connectivity index (χ1n) is 10.2. The highest BCUT2D eigenvalue weighted by molar-refractivity contribution is 6.03. The maximum atomic E-state index is 13.3. The van der Waals surface area contributed by atoms with Gasteiger partial charge in [0.05, 0.1) is 18.3 Å². The van der Waals surface area contributed by atoms with Crippen LogP contribution in [0.2, 0.25) is 0 Å². The van der Waals surface area contributed by atoms with E-state index in [0.717, 1.165) is 16.8 Å². The summed E-state index contributed by atoms with van der Waals surface area (Å²) in [6, 6.07) is 15.8. The molecule has 156 valence electrons. The van der Waals surface area contributed by atoms with Gasteiger partial charge in [0, 0.05) is 12.3 Å². The van der Waals surface area contributed by atoms with Crippen molar-refractivity contribution in [2.75, 3.05) is 19.6 Å². The van der Waals surface area contributed by atoms with Crippen LogP contribution >= 0.6 is 0 Å². The normalized spacial score (nSPS) is 20.2. The van der Waals surface area contributed by atoms with Gasteiger partial charge in [0.25, 0.3) is 5.91 Å². The fraction of sp³-hybridized carbons (Fsp3) is 0.348. The molecule has 2 aromatic rings. The van der Waals surface area contributed by atoms with E-state index in [-0.39, 0.29) is 36.1 Å². The van der Waals surface area contributed by atoms with Crippen molar-refractivity contribution < 1.29 is 14.0 Å². The molecule has 1 saturated heterocycles. The molecule has 0 spiro atoms. The van der Waals surface area contributed by atoms with E-state index in [0.29, 0.717) is 32.4 Å². The summed E-state index contributed by atoms with van der Waals surface area (Å²) in [6.45, 7) is 1.57. The van der Waals surface area contributed by atoms with Crippen molar-refractivity contribution in [1.82, 2.24) is 9.91 Å². The quantitative estimate of drug-likeness (QED) is 0.826. The molecule has 2 aliphatic rings.